The summed E-state index contributed by atoms with van der Waals surface area (Å²) in [6, 6.07) is 1.49. The molecule has 0 saturated heterocycles. The van der Waals surface area contributed by atoms with E-state index in [0.29, 0.717) is 10.4 Å². The van der Waals surface area contributed by atoms with E-state index in [1.165, 1.54) is 6.07 Å². The van der Waals surface area contributed by atoms with Crippen LogP contribution in [0, 0.1) is 6.92 Å². The molecule has 0 radical (unpaired) electrons. The monoisotopic (exact) mass is 245 g/mol. The predicted octanol–water partition coefficient (Wildman–Crippen LogP) is 0.498. The largest absolute Gasteiger partial charge is 0.477 e. The third-order valence-corrected chi connectivity index (χ3v) is 3.56. The number of aromatic carboxylic acids is 1. The zero-order valence-corrected chi connectivity index (χ0v) is 9.70. The van der Waals surface area contributed by atoms with Crippen molar-refractivity contribution in [1.29, 1.82) is 0 Å². The Hall–Kier alpha value is -0.950. The molecule has 0 saturated carbocycles. The first-order chi connectivity index (χ1) is 7.47. The fourth-order valence-corrected chi connectivity index (χ4v) is 2.46. The molecule has 5 N–H and O–H groups in total. The minimum atomic E-state index is -1.07. The van der Waals surface area contributed by atoms with Crippen molar-refractivity contribution in [2.24, 2.45) is 5.73 Å². The molecule has 5 nitrogen and oxygen atoms in total. The third kappa shape index (κ3) is 2.79. The molecule has 6 heteroatoms. The molecule has 1 aromatic rings. The summed E-state index contributed by atoms with van der Waals surface area (Å²) in [6.07, 6.45) is -1.74. The molecule has 0 spiro atoms. The van der Waals surface area contributed by atoms with Gasteiger partial charge in [0.05, 0.1) is 6.10 Å². The van der Waals surface area contributed by atoms with Crippen LogP contribution in [0.1, 0.15) is 32.6 Å². The smallest absolute Gasteiger partial charge is 0.345 e. The van der Waals surface area contributed by atoms with E-state index in [1.54, 1.807) is 6.92 Å². The summed E-state index contributed by atoms with van der Waals surface area (Å²) in [4.78, 5) is 11.4. The average Bonchev–Trinajstić information content (AvgIpc) is 2.60. The van der Waals surface area contributed by atoms with Crippen molar-refractivity contribution in [3.05, 3.63) is 21.4 Å². The van der Waals surface area contributed by atoms with Gasteiger partial charge in [0.15, 0.2) is 0 Å². The lowest BCUT2D eigenvalue weighted by Gasteiger charge is -2.16. The molecule has 0 fully saturated rings. The molecule has 1 aromatic heterocycles. The van der Waals surface area contributed by atoms with Crippen LogP contribution in [0.15, 0.2) is 6.07 Å². The number of rotatable bonds is 5. The van der Waals surface area contributed by atoms with Crippen LogP contribution in [-0.2, 0) is 0 Å². The van der Waals surface area contributed by atoms with Crippen LogP contribution in [0.5, 0.6) is 0 Å². The molecule has 90 valence electrons. The summed E-state index contributed by atoms with van der Waals surface area (Å²) >= 11 is 0.980. The average molecular weight is 245 g/mol. The molecule has 0 aliphatic carbocycles. The van der Waals surface area contributed by atoms with Gasteiger partial charge >= 0.3 is 5.97 Å². The lowest BCUT2D eigenvalue weighted by molar-refractivity contribution is 0.0168. The lowest BCUT2D eigenvalue weighted by atomic mass is 10.1. The second-order valence-electron chi connectivity index (χ2n) is 3.55. The molecule has 0 aliphatic rings. The van der Waals surface area contributed by atoms with Gasteiger partial charge in [0.25, 0.3) is 0 Å². The van der Waals surface area contributed by atoms with Crippen LogP contribution in [0.4, 0.5) is 0 Å². The molecule has 16 heavy (non-hydrogen) atoms. The number of carboxylic acid groups (broad SMARTS) is 1. The maximum atomic E-state index is 10.7. The molecule has 0 aliphatic heterocycles. The number of hydrogen-bond acceptors (Lipinski definition) is 5. The number of aryl methyl sites for hydroxylation is 1. The Balaban J connectivity index is 2.90. The number of hydrogen-bond donors (Lipinski definition) is 4. The molecular formula is C10H15NO4S. The number of carboxylic acids is 1. The first-order valence-electron chi connectivity index (χ1n) is 4.87. The van der Waals surface area contributed by atoms with Gasteiger partial charge in [-0.05, 0) is 31.5 Å². The summed E-state index contributed by atoms with van der Waals surface area (Å²) < 4.78 is 0. The van der Waals surface area contributed by atoms with E-state index in [-0.39, 0.29) is 17.8 Å². The minimum Gasteiger partial charge on any atom is -0.477 e. The molecule has 0 amide bonds. The lowest BCUT2D eigenvalue weighted by Crippen LogP contribution is -2.21. The number of aliphatic hydroxyl groups excluding tert-OH is 2. The van der Waals surface area contributed by atoms with E-state index in [2.05, 4.69) is 0 Å². The standard InChI is InChI=1S/C10H15NO4S/c1-5-4-7(10(14)15)16-9(5)8(13)6(12)2-3-11/h4,6,8,12-13H,2-3,11H2,1H3,(H,14,15). The van der Waals surface area contributed by atoms with Gasteiger partial charge in [-0.15, -0.1) is 11.3 Å². The second-order valence-corrected chi connectivity index (χ2v) is 4.64. The summed E-state index contributed by atoms with van der Waals surface area (Å²) in [7, 11) is 0. The van der Waals surface area contributed by atoms with Crippen molar-refractivity contribution >= 4 is 17.3 Å². The quantitative estimate of drug-likeness (QED) is 0.604. The van der Waals surface area contributed by atoms with Crippen LogP contribution in [0.3, 0.4) is 0 Å². The summed E-state index contributed by atoms with van der Waals surface area (Å²) in [5, 5.41) is 28.2. The van der Waals surface area contributed by atoms with Gasteiger partial charge < -0.3 is 21.1 Å². The minimum absolute atomic E-state index is 0.159. The Morgan fingerprint density at radius 3 is 2.62 bits per heavy atom. The summed E-state index contributed by atoms with van der Waals surface area (Å²) in [5.74, 6) is -1.03. The van der Waals surface area contributed by atoms with Crippen LogP contribution in [0.2, 0.25) is 0 Å². The first kappa shape index (κ1) is 13.1. The molecule has 1 rings (SSSR count). The van der Waals surface area contributed by atoms with E-state index < -0.39 is 18.2 Å². The summed E-state index contributed by atoms with van der Waals surface area (Å²) in [5.41, 5.74) is 5.95. The van der Waals surface area contributed by atoms with Crippen LogP contribution in [-0.4, -0.2) is 33.9 Å². The van der Waals surface area contributed by atoms with Crippen molar-refractivity contribution in [3.63, 3.8) is 0 Å². The van der Waals surface area contributed by atoms with Crippen molar-refractivity contribution in [1.82, 2.24) is 0 Å². The Labute approximate surface area is 97.1 Å². The van der Waals surface area contributed by atoms with Gasteiger partial charge in [0.1, 0.15) is 11.0 Å². The Kier molecular flexibility index (Phi) is 4.43. The van der Waals surface area contributed by atoms with Crippen molar-refractivity contribution in [2.45, 2.75) is 25.6 Å². The fraction of sp³-hybridized carbons (Fsp3) is 0.500. The molecule has 2 unspecified atom stereocenters. The highest BCUT2D eigenvalue weighted by Gasteiger charge is 2.23. The SMILES string of the molecule is Cc1cc(C(=O)O)sc1C(O)C(O)CCN. The number of nitrogens with two attached hydrogens (primary N) is 1. The van der Waals surface area contributed by atoms with E-state index in [4.69, 9.17) is 10.8 Å². The Morgan fingerprint density at radius 1 is 1.56 bits per heavy atom. The predicted molar refractivity (Wildman–Crippen MR) is 60.7 cm³/mol. The Bertz CT molecular complexity index is 377. The molecular weight excluding hydrogens is 230 g/mol. The molecule has 1 heterocycles. The van der Waals surface area contributed by atoms with Gasteiger partial charge in [0, 0.05) is 4.88 Å². The van der Waals surface area contributed by atoms with Gasteiger partial charge in [-0.2, -0.15) is 0 Å². The van der Waals surface area contributed by atoms with E-state index in [9.17, 15) is 15.0 Å². The number of aliphatic hydroxyl groups is 2. The fourth-order valence-electron chi connectivity index (χ4n) is 1.40. The maximum Gasteiger partial charge on any atom is 0.345 e. The molecule has 2 atom stereocenters. The maximum absolute atomic E-state index is 10.7. The second kappa shape index (κ2) is 5.40. The van der Waals surface area contributed by atoms with Crippen molar-refractivity contribution < 1.29 is 20.1 Å². The normalized spacial score (nSPS) is 14.8. The van der Waals surface area contributed by atoms with Crippen molar-refractivity contribution in [2.75, 3.05) is 6.54 Å². The zero-order valence-electron chi connectivity index (χ0n) is 8.88. The topological polar surface area (TPSA) is 104 Å². The Morgan fingerprint density at radius 2 is 2.19 bits per heavy atom. The highest BCUT2D eigenvalue weighted by Crippen LogP contribution is 2.30. The van der Waals surface area contributed by atoms with E-state index in [0.717, 1.165) is 11.3 Å². The third-order valence-electron chi connectivity index (χ3n) is 2.26. The van der Waals surface area contributed by atoms with Gasteiger partial charge in [-0.25, -0.2) is 4.79 Å². The first-order valence-corrected chi connectivity index (χ1v) is 5.68. The van der Waals surface area contributed by atoms with Crippen LogP contribution >= 0.6 is 11.3 Å². The van der Waals surface area contributed by atoms with Gasteiger partial charge in [-0.1, -0.05) is 0 Å². The van der Waals surface area contributed by atoms with Gasteiger partial charge in [-0.3, -0.25) is 0 Å². The van der Waals surface area contributed by atoms with Crippen LogP contribution in [0.25, 0.3) is 0 Å². The number of thiophene rings is 1. The van der Waals surface area contributed by atoms with Crippen LogP contribution < -0.4 is 5.73 Å². The van der Waals surface area contributed by atoms with E-state index in [1.807, 2.05) is 0 Å². The zero-order chi connectivity index (χ0) is 12.3. The highest BCUT2D eigenvalue weighted by molar-refractivity contribution is 7.14. The summed E-state index contributed by atoms with van der Waals surface area (Å²) in [6.45, 7) is 1.98. The van der Waals surface area contributed by atoms with Crippen molar-refractivity contribution in [3.8, 4) is 0 Å². The highest BCUT2D eigenvalue weighted by atomic mass is 32.1. The van der Waals surface area contributed by atoms with E-state index >= 15 is 0 Å². The molecule has 0 aromatic carbocycles. The molecule has 0 bridgehead atoms. The number of carbonyl (C=O) groups is 1. The van der Waals surface area contributed by atoms with Gasteiger partial charge in [0.2, 0.25) is 0 Å².